The van der Waals surface area contributed by atoms with E-state index in [-0.39, 0.29) is 6.04 Å². The van der Waals surface area contributed by atoms with Crippen LogP contribution in [0.1, 0.15) is 11.1 Å². The van der Waals surface area contributed by atoms with Crippen LogP contribution in [0.2, 0.25) is 5.02 Å². The molecule has 0 fully saturated rings. The predicted molar refractivity (Wildman–Crippen MR) is 78.8 cm³/mol. The normalized spacial score (nSPS) is 12.4. The highest BCUT2D eigenvalue weighted by atomic mass is 79.9. The minimum atomic E-state index is 0.0450. The van der Waals surface area contributed by atoms with Gasteiger partial charge in [0.2, 0.25) is 0 Å². The average molecular weight is 326 g/mol. The molecule has 2 nitrogen and oxygen atoms in total. The molecule has 0 aliphatic carbocycles. The van der Waals surface area contributed by atoms with Gasteiger partial charge in [-0.2, -0.15) is 0 Å². The van der Waals surface area contributed by atoms with E-state index < -0.39 is 0 Å². The van der Waals surface area contributed by atoms with E-state index in [1.807, 2.05) is 24.3 Å². The second-order valence-electron chi connectivity index (χ2n) is 4.23. The van der Waals surface area contributed by atoms with Gasteiger partial charge < -0.3 is 5.73 Å². The first-order chi connectivity index (χ1) is 8.66. The van der Waals surface area contributed by atoms with Crippen molar-refractivity contribution >= 4 is 27.5 Å². The number of nitrogens with zero attached hydrogens (tertiary/aromatic N) is 1. The number of benzene rings is 1. The average Bonchev–Trinajstić information content (AvgIpc) is 2.35. The lowest BCUT2D eigenvalue weighted by Gasteiger charge is -2.13. The van der Waals surface area contributed by atoms with Crippen molar-refractivity contribution in [2.45, 2.75) is 18.9 Å². The molecule has 2 aromatic rings. The van der Waals surface area contributed by atoms with Crippen LogP contribution in [0.4, 0.5) is 0 Å². The number of pyridine rings is 1. The van der Waals surface area contributed by atoms with Crippen LogP contribution in [-0.4, -0.2) is 11.0 Å². The summed E-state index contributed by atoms with van der Waals surface area (Å²) >= 11 is 9.61. The van der Waals surface area contributed by atoms with Gasteiger partial charge in [0.05, 0.1) is 5.02 Å². The van der Waals surface area contributed by atoms with E-state index >= 15 is 0 Å². The molecule has 2 N–H and O–H groups in total. The molecular formula is C14H14BrClN2. The third-order valence-electron chi connectivity index (χ3n) is 2.78. The Hall–Kier alpha value is -0.900. The third-order valence-corrected chi connectivity index (χ3v) is 3.89. The number of rotatable bonds is 4. The van der Waals surface area contributed by atoms with Crippen molar-refractivity contribution < 1.29 is 0 Å². The lowest BCUT2D eigenvalue weighted by molar-refractivity contribution is 0.663. The summed E-state index contributed by atoms with van der Waals surface area (Å²) in [6, 6.07) is 10.1. The van der Waals surface area contributed by atoms with Crippen LogP contribution in [0.5, 0.6) is 0 Å². The lowest BCUT2D eigenvalue weighted by Crippen LogP contribution is -2.25. The third kappa shape index (κ3) is 3.55. The molecule has 1 unspecified atom stereocenters. The van der Waals surface area contributed by atoms with E-state index in [1.54, 1.807) is 12.4 Å². The summed E-state index contributed by atoms with van der Waals surface area (Å²) in [5, 5.41) is 0.681. The molecule has 0 saturated heterocycles. The Balaban J connectivity index is 2.04. The maximum absolute atomic E-state index is 6.18. The highest BCUT2D eigenvalue weighted by Gasteiger charge is 2.09. The van der Waals surface area contributed by atoms with Crippen LogP contribution in [0, 0.1) is 0 Å². The largest absolute Gasteiger partial charge is 0.327 e. The Labute approximate surface area is 120 Å². The molecule has 0 saturated carbocycles. The number of halogens is 2. The molecule has 4 heteroatoms. The second kappa shape index (κ2) is 6.32. The first-order valence-corrected chi connectivity index (χ1v) is 6.91. The van der Waals surface area contributed by atoms with Gasteiger partial charge in [0.25, 0.3) is 0 Å². The molecule has 0 radical (unpaired) electrons. The van der Waals surface area contributed by atoms with Crippen molar-refractivity contribution in [3.05, 3.63) is 63.3 Å². The monoisotopic (exact) mass is 324 g/mol. The van der Waals surface area contributed by atoms with Crippen LogP contribution in [-0.2, 0) is 12.8 Å². The first kappa shape index (κ1) is 13.5. The Bertz CT molecular complexity index is 483. The van der Waals surface area contributed by atoms with Crippen LogP contribution in [0.3, 0.4) is 0 Å². The molecule has 1 aromatic carbocycles. The number of aromatic nitrogens is 1. The van der Waals surface area contributed by atoms with Gasteiger partial charge in [-0.05, 0) is 36.1 Å². The molecule has 0 bridgehead atoms. The fourth-order valence-electron chi connectivity index (χ4n) is 1.87. The van der Waals surface area contributed by atoms with Crippen molar-refractivity contribution in [1.82, 2.24) is 4.98 Å². The molecule has 0 aliphatic heterocycles. The van der Waals surface area contributed by atoms with Gasteiger partial charge in [-0.15, -0.1) is 0 Å². The molecule has 0 spiro atoms. The summed E-state index contributed by atoms with van der Waals surface area (Å²) in [4.78, 5) is 3.97. The Morgan fingerprint density at radius 2 is 1.89 bits per heavy atom. The molecular weight excluding hydrogens is 312 g/mol. The Kier molecular flexibility index (Phi) is 4.75. The molecule has 0 aliphatic rings. The van der Waals surface area contributed by atoms with E-state index in [0.717, 1.165) is 22.9 Å². The fourth-order valence-corrected chi connectivity index (χ4v) is 2.51. The molecule has 0 amide bonds. The van der Waals surface area contributed by atoms with Gasteiger partial charge in [-0.1, -0.05) is 45.7 Å². The molecule has 2 rings (SSSR count). The topological polar surface area (TPSA) is 38.9 Å². The highest BCUT2D eigenvalue weighted by Crippen LogP contribution is 2.20. The zero-order valence-corrected chi connectivity index (χ0v) is 12.2. The zero-order chi connectivity index (χ0) is 13.0. The van der Waals surface area contributed by atoms with Crippen LogP contribution in [0.25, 0.3) is 0 Å². The summed E-state index contributed by atoms with van der Waals surface area (Å²) in [6.45, 7) is 0. The molecule has 94 valence electrons. The molecule has 1 atom stereocenters. The second-order valence-corrected chi connectivity index (χ2v) is 5.49. The van der Waals surface area contributed by atoms with Crippen LogP contribution < -0.4 is 5.73 Å². The Morgan fingerprint density at radius 1 is 1.17 bits per heavy atom. The highest BCUT2D eigenvalue weighted by molar-refractivity contribution is 9.10. The van der Waals surface area contributed by atoms with E-state index in [2.05, 4.69) is 27.0 Å². The first-order valence-electron chi connectivity index (χ1n) is 5.74. The summed E-state index contributed by atoms with van der Waals surface area (Å²) in [5.74, 6) is 0. The van der Waals surface area contributed by atoms with Crippen molar-refractivity contribution in [2.24, 2.45) is 5.73 Å². The maximum atomic E-state index is 6.18. The van der Waals surface area contributed by atoms with Gasteiger partial charge in [-0.25, -0.2) is 0 Å². The number of hydrogen-bond donors (Lipinski definition) is 1. The molecule has 1 heterocycles. The Morgan fingerprint density at radius 3 is 2.61 bits per heavy atom. The van der Waals surface area contributed by atoms with E-state index in [4.69, 9.17) is 17.3 Å². The zero-order valence-electron chi connectivity index (χ0n) is 9.81. The van der Waals surface area contributed by atoms with Gasteiger partial charge in [0, 0.05) is 22.9 Å². The van der Waals surface area contributed by atoms with E-state index in [9.17, 15) is 0 Å². The smallest absolute Gasteiger partial charge is 0.0621 e. The van der Waals surface area contributed by atoms with Crippen LogP contribution in [0.15, 0.2) is 47.2 Å². The van der Waals surface area contributed by atoms with E-state index in [1.165, 1.54) is 5.56 Å². The van der Waals surface area contributed by atoms with Gasteiger partial charge in [-0.3, -0.25) is 4.98 Å². The predicted octanol–water partition coefficient (Wildman–Crippen LogP) is 3.61. The van der Waals surface area contributed by atoms with Gasteiger partial charge in [0.1, 0.15) is 0 Å². The summed E-state index contributed by atoms with van der Waals surface area (Å²) < 4.78 is 1.10. The minimum absolute atomic E-state index is 0.0450. The standard InChI is InChI=1S/C14H14BrClN2/c15-13-4-2-1-3-10(13)7-12(17)8-11-5-6-18-9-14(11)16/h1-6,9,12H,7-8,17H2. The molecule has 18 heavy (non-hydrogen) atoms. The van der Waals surface area contributed by atoms with Crippen molar-refractivity contribution in [3.63, 3.8) is 0 Å². The fraction of sp³-hybridized carbons (Fsp3) is 0.214. The summed E-state index contributed by atoms with van der Waals surface area (Å²) in [6.07, 6.45) is 4.97. The molecule has 1 aromatic heterocycles. The summed E-state index contributed by atoms with van der Waals surface area (Å²) in [5.41, 5.74) is 8.44. The van der Waals surface area contributed by atoms with Crippen molar-refractivity contribution in [2.75, 3.05) is 0 Å². The quantitative estimate of drug-likeness (QED) is 0.932. The van der Waals surface area contributed by atoms with Crippen molar-refractivity contribution in [3.8, 4) is 0 Å². The van der Waals surface area contributed by atoms with Crippen molar-refractivity contribution in [1.29, 1.82) is 0 Å². The van der Waals surface area contributed by atoms with E-state index in [0.29, 0.717) is 5.02 Å². The van der Waals surface area contributed by atoms with Crippen LogP contribution >= 0.6 is 27.5 Å². The maximum Gasteiger partial charge on any atom is 0.0621 e. The van der Waals surface area contributed by atoms with Gasteiger partial charge >= 0.3 is 0 Å². The number of nitrogens with two attached hydrogens (primary N) is 1. The lowest BCUT2D eigenvalue weighted by atomic mass is 10.0. The minimum Gasteiger partial charge on any atom is -0.327 e. The SMILES string of the molecule is NC(Cc1ccncc1Cl)Cc1ccccc1Br. The number of hydrogen-bond acceptors (Lipinski definition) is 2. The van der Waals surface area contributed by atoms with Gasteiger partial charge in [0.15, 0.2) is 0 Å². The summed E-state index contributed by atoms with van der Waals surface area (Å²) in [7, 11) is 0.